The number of nitrogens with one attached hydrogen (secondary N) is 10. The van der Waals surface area contributed by atoms with Crippen LogP contribution in [0.25, 0.3) is 0 Å². The van der Waals surface area contributed by atoms with E-state index in [0.29, 0.717) is 0 Å². The van der Waals surface area contributed by atoms with Crippen molar-refractivity contribution in [3.63, 3.8) is 0 Å². The molecule has 2 saturated heterocycles. The van der Waals surface area contributed by atoms with Gasteiger partial charge >= 0.3 is 11.9 Å². The second kappa shape index (κ2) is 35.6. The van der Waals surface area contributed by atoms with Crippen molar-refractivity contribution < 1.29 is 122 Å². The number of carbonyl (C=O) groups excluding carboxylic acids is 10. The van der Waals surface area contributed by atoms with E-state index in [4.69, 9.17) is 24.7 Å². The van der Waals surface area contributed by atoms with Gasteiger partial charge in [0.2, 0.25) is 59.1 Å². The van der Waals surface area contributed by atoms with Gasteiger partial charge in [0.1, 0.15) is 97.1 Å². The van der Waals surface area contributed by atoms with Crippen LogP contribution in [0.5, 0.6) is 0 Å². The first-order valence-electron chi connectivity index (χ1n) is 27.0. The van der Waals surface area contributed by atoms with Crippen molar-refractivity contribution in [1.29, 1.82) is 0 Å². The maximum atomic E-state index is 13.6. The zero-order valence-electron chi connectivity index (χ0n) is 48.0. The van der Waals surface area contributed by atoms with Crippen LogP contribution in [0.4, 0.5) is 0 Å². The molecule has 2 rings (SSSR count). The minimum atomic E-state index is -1.93. The number of rotatable bonds is 34. The highest BCUT2D eigenvalue weighted by Crippen LogP contribution is 2.31. The molecule has 20 unspecified atom stereocenters. The first-order chi connectivity index (χ1) is 39.7. The number of amides is 10. The van der Waals surface area contributed by atoms with E-state index in [1.807, 2.05) is 0 Å². The highest BCUT2D eigenvalue weighted by Gasteiger charge is 2.53. The van der Waals surface area contributed by atoms with Crippen LogP contribution < -0.4 is 58.9 Å². The van der Waals surface area contributed by atoms with Crippen LogP contribution in [0.15, 0.2) is 0 Å². The van der Waals surface area contributed by atoms with Crippen LogP contribution in [-0.4, -0.2) is 265 Å². The van der Waals surface area contributed by atoms with Gasteiger partial charge in [0.05, 0.1) is 32.0 Å². The minimum Gasteiger partial charge on any atom is -0.480 e. The Hall–Kier alpha value is -6.84. The lowest BCUT2D eigenvalue weighted by atomic mass is 9.94. The second-order valence-corrected chi connectivity index (χ2v) is 20.4. The van der Waals surface area contributed by atoms with Crippen LogP contribution >= 0.6 is 0 Å². The molecule has 0 spiro atoms. The van der Waals surface area contributed by atoms with E-state index in [-0.39, 0.29) is 25.8 Å². The lowest BCUT2D eigenvalue weighted by molar-refractivity contribution is -0.333. The van der Waals surface area contributed by atoms with Crippen molar-refractivity contribution in [2.75, 3.05) is 26.4 Å². The summed E-state index contributed by atoms with van der Waals surface area (Å²) in [4.78, 5) is 152. The summed E-state index contributed by atoms with van der Waals surface area (Å²) < 4.78 is 23.2. The van der Waals surface area contributed by atoms with Crippen LogP contribution in [0.3, 0.4) is 0 Å². The molecule has 85 heavy (non-hydrogen) atoms. The Morgan fingerprint density at radius 1 is 0.553 bits per heavy atom. The van der Waals surface area contributed by atoms with Crippen molar-refractivity contribution in [2.45, 2.75) is 209 Å². The highest BCUT2D eigenvalue weighted by molar-refractivity contribution is 5.95. The quantitative estimate of drug-likeness (QED) is 0.0266. The van der Waals surface area contributed by atoms with Gasteiger partial charge in [0, 0.05) is 26.8 Å². The first kappa shape index (κ1) is 74.3. The largest absolute Gasteiger partial charge is 0.480 e. The number of nitrogens with two attached hydrogens (primary N) is 1. The molecule has 0 aromatic carbocycles. The lowest BCUT2D eigenvalue weighted by Crippen LogP contribution is -2.70. The third-order valence-electron chi connectivity index (χ3n) is 13.2. The summed E-state index contributed by atoms with van der Waals surface area (Å²) in [6.07, 6.45) is -17.9. The fraction of sp³-hybridized carbons (Fsp3) is 0.755. The molecule has 10 amide bonds. The summed E-state index contributed by atoms with van der Waals surface area (Å²) in [6, 6.07) is -14.7. The molecule has 2 heterocycles. The number of aliphatic carboxylic acids is 2. The minimum absolute atomic E-state index is 0.0626. The van der Waals surface area contributed by atoms with Gasteiger partial charge in [-0.25, -0.2) is 4.79 Å². The number of carboxylic acids is 2. The van der Waals surface area contributed by atoms with Gasteiger partial charge in [-0.15, -0.1) is 0 Å². The first-order valence-corrected chi connectivity index (χ1v) is 27.0. The number of unbranched alkanes of at least 4 members (excludes halogenated alkanes) is 1. The van der Waals surface area contributed by atoms with Gasteiger partial charge in [0.25, 0.3) is 0 Å². The van der Waals surface area contributed by atoms with Gasteiger partial charge in [-0.05, 0) is 67.2 Å². The molecule has 2 fully saturated rings. The van der Waals surface area contributed by atoms with Crippen LogP contribution in [-0.2, 0) is 76.5 Å². The fourth-order valence-corrected chi connectivity index (χ4v) is 8.32. The Kier molecular flexibility index (Phi) is 31.1. The SMILES string of the molecule is CC(=O)NC1C(OC2C(CO)OC(O)C(NC(C)=O)C2OC(C)C(=O)NC(C)C(=O)NC(CCC(=O)NC(CCCCNC(=O)C(CO)NC(=O)C(C)NC(=O)C(NC(=O)C(C)N)C(C)O)C(=O)NC(C)C(=O)O)C(=O)O)OC(CO)C(O)C1O. The number of carboxylic acid groups (broad SMARTS) is 2. The van der Waals surface area contributed by atoms with Gasteiger partial charge in [-0.1, -0.05) is 0 Å². The topological polar surface area (TPSA) is 570 Å². The number of hydrogen-bond donors (Lipinski definition) is 20. The fourth-order valence-electron chi connectivity index (χ4n) is 8.32. The zero-order valence-corrected chi connectivity index (χ0v) is 48.0. The normalized spacial score (nSPS) is 25.6. The Bertz CT molecular complexity index is 2320. The van der Waals surface area contributed by atoms with Crippen molar-refractivity contribution in [2.24, 2.45) is 5.73 Å². The highest BCUT2D eigenvalue weighted by atomic mass is 16.7. The van der Waals surface area contributed by atoms with E-state index >= 15 is 0 Å². The second-order valence-electron chi connectivity index (χ2n) is 20.4. The molecule has 0 aromatic heterocycles. The van der Waals surface area contributed by atoms with E-state index in [1.165, 1.54) is 20.8 Å². The molecule has 2 aliphatic rings. The van der Waals surface area contributed by atoms with E-state index in [1.54, 1.807) is 0 Å². The number of carbonyl (C=O) groups is 12. The van der Waals surface area contributed by atoms with Crippen molar-refractivity contribution in [1.82, 2.24) is 53.2 Å². The summed E-state index contributed by atoms with van der Waals surface area (Å²) >= 11 is 0. The van der Waals surface area contributed by atoms with Gasteiger partial charge in [-0.2, -0.15) is 0 Å². The summed E-state index contributed by atoms with van der Waals surface area (Å²) in [5.41, 5.74) is 5.50. The summed E-state index contributed by atoms with van der Waals surface area (Å²) in [5.74, 6) is -12.1. The number of aliphatic hydroxyl groups is 7. The maximum Gasteiger partial charge on any atom is 0.326 e. The Balaban J connectivity index is 2.12. The number of ether oxygens (including phenoxy) is 4. The van der Waals surface area contributed by atoms with Gasteiger partial charge in [0.15, 0.2) is 12.6 Å². The number of hydrogen-bond acceptors (Lipinski definition) is 24. The van der Waals surface area contributed by atoms with Gasteiger partial charge in [-0.3, -0.25) is 52.7 Å². The molecule has 0 aliphatic carbocycles. The van der Waals surface area contributed by atoms with Crippen molar-refractivity contribution in [3.8, 4) is 0 Å². The van der Waals surface area contributed by atoms with E-state index in [9.17, 15) is 103 Å². The van der Waals surface area contributed by atoms with E-state index in [2.05, 4.69) is 53.2 Å². The summed E-state index contributed by atoms with van der Waals surface area (Å²) in [6.45, 7) is 6.54. The monoisotopic (exact) mass is 1230 g/mol. The lowest BCUT2D eigenvalue weighted by Gasteiger charge is -2.48. The van der Waals surface area contributed by atoms with Gasteiger partial charge < -0.3 is 124 Å². The average Bonchev–Trinajstić information content (AvgIpc) is 3.06. The van der Waals surface area contributed by atoms with Crippen molar-refractivity contribution >= 4 is 71.0 Å². The third kappa shape index (κ3) is 23.5. The predicted molar refractivity (Wildman–Crippen MR) is 284 cm³/mol. The van der Waals surface area contributed by atoms with E-state index in [0.717, 1.165) is 34.6 Å². The molecule has 0 radical (unpaired) electrons. The third-order valence-corrected chi connectivity index (χ3v) is 13.2. The molecule has 0 bridgehead atoms. The summed E-state index contributed by atoms with van der Waals surface area (Å²) in [7, 11) is 0. The smallest absolute Gasteiger partial charge is 0.326 e. The van der Waals surface area contributed by atoms with E-state index < -0.39 is 226 Å². The predicted octanol–water partition coefficient (Wildman–Crippen LogP) is -10.3. The molecular formula is C49H83N11O25. The molecule has 0 saturated carbocycles. The molecule has 0 aromatic rings. The molecule has 36 nitrogen and oxygen atoms in total. The maximum absolute atomic E-state index is 13.6. The Morgan fingerprint density at radius 2 is 1.11 bits per heavy atom. The Morgan fingerprint density at radius 3 is 1.62 bits per heavy atom. The van der Waals surface area contributed by atoms with Crippen LogP contribution in [0.1, 0.15) is 87.5 Å². The standard InChI is InChI=1S/C49H83N11O25/c1-18(50)39(70)60-32(22(5)64)45(76)53-20(3)41(72)59-28(15-61)43(74)51-14-10-9-11-26(44(75)54-21(4)46(77)78)57-31(67)13-12-27(47(79)80)58-40(71)19(2)52-42(73)23(6)82-38-34(56-25(8)66)48(81)83-30(17-63)37(38)85-49-33(55-24(7)65)36(69)35(68)29(16-62)84-49/h18-23,26-30,32-38,48-49,61-64,68-69,81H,9-17,50H2,1-8H3,(H,51,74)(H,52,73)(H,53,76)(H,54,75)(H,55,65)(H,56,66)(H,57,67)(H,58,71)(H,59,72)(H,60,70)(H,77,78)(H,79,80). The zero-order chi connectivity index (χ0) is 64.7. The molecule has 36 heteroatoms. The van der Waals surface area contributed by atoms with Crippen LogP contribution in [0.2, 0.25) is 0 Å². The van der Waals surface area contributed by atoms with Crippen molar-refractivity contribution in [3.05, 3.63) is 0 Å². The molecule has 21 N–H and O–H groups in total. The number of aliphatic hydroxyl groups excluding tert-OH is 7. The Labute approximate surface area is 487 Å². The molecule has 2 aliphatic heterocycles. The molecule has 484 valence electrons. The van der Waals surface area contributed by atoms with Crippen LogP contribution in [0, 0.1) is 0 Å². The molecule has 20 atom stereocenters. The average molecular weight is 1230 g/mol. The molecular weight excluding hydrogens is 1140 g/mol. The summed E-state index contributed by atoms with van der Waals surface area (Å²) in [5, 5.41) is 115.